The average Bonchev–Trinajstić information content (AvgIpc) is 2.60. The molecular weight excluding hydrogens is 388 g/mol. The van der Waals surface area contributed by atoms with Gasteiger partial charge in [0.15, 0.2) is 0 Å². The molecule has 0 amide bonds. The Morgan fingerprint density at radius 2 is 1.83 bits per heavy atom. The number of hydrogen-bond donors (Lipinski definition) is 1. The first-order chi connectivity index (χ1) is 13.6. The Bertz CT molecular complexity index is 1080. The highest BCUT2D eigenvalue weighted by atomic mass is 32.2. The Hall–Kier alpha value is -2.47. The summed E-state index contributed by atoms with van der Waals surface area (Å²) in [6.45, 7) is 8.05. The molecule has 29 heavy (non-hydrogen) atoms. The molecule has 154 valence electrons. The molecule has 1 heterocycles. The third kappa shape index (κ3) is 3.62. The summed E-state index contributed by atoms with van der Waals surface area (Å²) < 4.78 is 36.8. The molecule has 2 aromatic carbocycles. The van der Waals surface area contributed by atoms with Gasteiger partial charge < -0.3 is 14.0 Å². The molecule has 0 fully saturated rings. The van der Waals surface area contributed by atoms with Gasteiger partial charge in [-0.25, -0.2) is 0 Å². The fourth-order valence-electron chi connectivity index (χ4n) is 4.43. The van der Waals surface area contributed by atoms with Crippen LogP contribution >= 0.6 is 0 Å². The van der Waals surface area contributed by atoms with Gasteiger partial charge in [-0.15, -0.1) is 0 Å². The molecule has 0 aromatic heterocycles. The fourth-order valence-corrected chi connectivity index (χ4v) is 5.34. The molecule has 0 saturated carbocycles. The number of phenols is 1. The molecular formula is C23H26O5S. The van der Waals surface area contributed by atoms with Gasteiger partial charge in [0, 0.05) is 29.5 Å². The monoisotopic (exact) mass is 414 g/mol. The van der Waals surface area contributed by atoms with Crippen LogP contribution < -0.4 is 8.92 Å². The molecule has 0 spiro atoms. The first-order valence-corrected chi connectivity index (χ1v) is 11.2. The van der Waals surface area contributed by atoms with E-state index < -0.39 is 15.7 Å². The van der Waals surface area contributed by atoms with E-state index in [1.807, 2.05) is 20.8 Å². The van der Waals surface area contributed by atoms with E-state index in [0.717, 1.165) is 18.4 Å². The van der Waals surface area contributed by atoms with Crippen molar-refractivity contribution in [1.29, 1.82) is 0 Å². The number of allylic oxidation sites excluding steroid dienone is 2. The number of rotatable bonds is 3. The molecule has 2 atom stereocenters. The molecule has 2 unspecified atom stereocenters. The van der Waals surface area contributed by atoms with E-state index in [9.17, 15) is 13.5 Å². The minimum Gasteiger partial charge on any atom is -0.507 e. The van der Waals surface area contributed by atoms with Crippen molar-refractivity contribution in [2.24, 2.45) is 5.92 Å². The van der Waals surface area contributed by atoms with Crippen LogP contribution in [0.15, 0.2) is 52.9 Å². The maximum atomic E-state index is 12.6. The predicted octanol–water partition coefficient (Wildman–Crippen LogP) is 5.08. The number of aryl methyl sites for hydroxylation is 1. The number of fused-ring (bicyclic) bond motifs is 3. The highest BCUT2D eigenvalue weighted by Crippen LogP contribution is 2.54. The largest absolute Gasteiger partial charge is 0.507 e. The maximum absolute atomic E-state index is 12.6. The van der Waals surface area contributed by atoms with Crippen molar-refractivity contribution < 1.29 is 22.4 Å². The van der Waals surface area contributed by atoms with Crippen molar-refractivity contribution in [2.45, 2.75) is 57.0 Å². The summed E-state index contributed by atoms with van der Waals surface area (Å²) in [4.78, 5) is 0.0625. The van der Waals surface area contributed by atoms with Crippen LogP contribution in [0.5, 0.6) is 17.2 Å². The van der Waals surface area contributed by atoms with Crippen LogP contribution in [0.4, 0.5) is 0 Å². The predicted molar refractivity (Wildman–Crippen MR) is 111 cm³/mol. The molecule has 4 rings (SSSR count). The summed E-state index contributed by atoms with van der Waals surface area (Å²) in [5, 5.41) is 10.8. The molecule has 0 saturated heterocycles. The van der Waals surface area contributed by atoms with Gasteiger partial charge in [0.05, 0.1) is 0 Å². The molecule has 5 nitrogen and oxygen atoms in total. The third-order valence-electron chi connectivity index (χ3n) is 5.96. The van der Waals surface area contributed by atoms with E-state index in [1.165, 1.54) is 23.8 Å². The molecule has 2 aliphatic rings. The van der Waals surface area contributed by atoms with Gasteiger partial charge in [0.25, 0.3) is 0 Å². The van der Waals surface area contributed by atoms with Gasteiger partial charge in [-0.2, -0.15) is 8.42 Å². The van der Waals surface area contributed by atoms with Crippen molar-refractivity contribution in [3.8, 4) is 17.2 Å². The Morgan fingerprint density at radius 3 is 2.52 bits per heavy atom. The lowest BCUT2D eigenvalue weighted by Crippen LogP contribution is -2.45. The van der Waals surface area contributed by atoms with E-state index in [1.54, 1.807) is 18.2 Å². The summed E-state index contributed by atoms with van der Waals surface area (Å²) in [5.74, 6) is 0.773. The molecule has 2 aromatic rings. The van der Waals surface area contributed by atoms with Crippen molar-refractivity contribution in [3.63, 3.8) is 0 Å². The van der Waals surface area contributed by atoms with Crippen LogP contribution in [0.25, 0.3) is 0 Å². The van der Waals surface area contributed by atoms with Crippen LogP contribution in [-0.4, -0.2) is 19.1 Å². The van der Waals surface area contributed by atoms with E-state index >= 15 is 0 Å². The number of phenolic OH excluding ortho intramolecular Hbond substituents is 1. The van der Waals surface area contributed by atoms with Crippen LogP contribution in [-0.2, 0) is 10.1 Å². The number of benzene rings is 2. The van der Waals surface area contributed by atoms with E-state index in [2.05, 4.69) is 13.0 Å². The molecule has 0 radical (unpaired) electrons. The van der Waals surface area contributed by atoms with Crippen molar-refractivity contribution in [2.75, 3.05) is 0 Å². The van der Waals surface area contributed by atoms with Gasteiger partial charge in [-0.1, -0.05) is 29.3 Å². The summed E-state index contributed by atoms with van der Waals surface area (Å²) >= 11 is 0. The van der Waals surface area contributed by atoms with Crippen molar-refractivity contribution >= 4 is 10.1 Å². The molecule has 0 bridgehead atoms. The quantitative estimate of drug-likeness (QED) is 0.560. The van der Waals surface area contributed by atoms with Crippen LogP contribution in [0, 0.1) is 12.8 Å². The third-order valence-corrected chi connectivity index (χ3v) is 7.22. The first kappa shape index (κ1) is 19.8. The maximum Gasteiger partial charge on any atom is 0.339 e. The lowest BCUT2D eigenvalue weighted by molar-refractivity contribution is 0.0107. The molecule has 1 N–H and O–H groups in total. The molecule has 6 heteroatoms. The zero-order valence-corrected chi connectivity index (χ0v) is 17.9. The van der Waals surface area contributed by atoms with Gasteiger partial charge in [0.1, 0.15) is 27.7 Å². The van der Waals surface area contributed by atoms with Gasteiger partial charge in [-0.05, 0) is 52.7 Å². The van der Waals surface area contributed by atoms with Gasteiger partial charge in [0.2, 0.25) is 0 Å². The standard InChI is InChI=1S/C23H26O5S/c1-14-5-8-17(9-6-14)29(25,26)28-16-12-20(24)22-18-11-15(2)7-10-19(18)23(3,4)27-21(22)13-16/h5-6,8-9,11-13,18-19,24H,7,10H2,1-4H3. The topological polar surface area (TPSA) is 72.8 Å². The lowest BCUT2D eigenvalue weighted by Gasteiger charge is -2.46. The average molecular weight is 415 g/mol. The summed E-state index contributed by atoms with van der Waals surface area (Å²) in [5.41, 5.74) is 2.51. The minimum atomic E-state index is -4.01. The molecule has 1 aliphatic heterocycles. The Labute approximate surface area is 172 Å². The van der Waals surface area contributed by atoms with Crippen molar-refractivity contribution in [3.05, 3.63) is 59.2 Å². The number of aromatic hydroxyl groups is 1. The zero-order valence-electron chi connectivity index (χ0n) is 17.1. The highest BCUT2D eigenvalue weighted by Gasteiger charge is 2.45. The molecule has 1 aliphatic carbocycles. The Morgan fingerprint density at radius 1 is 1.14 bits per heavy atom. The SMILES string of the molecule is CC1=CC2c3c(O)cc(OS(=O)(=O)c4ccc(C)cc4)cc3OC(C)(C)C2CC1. The van der Waals surface area contributed by atoms with Crippen LogP contribution in [0.2, 0.25) is 0 Å². The second kappa shape index (κ2) is 6.80. The van der Waals surface area contributed by atoms with E-state index in [0.29, 0.717) is 11.3 Å². The summed E-state index contributed by atoms with van der Waals surface area (Å²) in [7, 11) is -4.01. The normalized spacial score (nSPS) is 22.7. The zero-order chi connectivity index (χ0) is 21.0. The minimum absolute atomic E-state index is 0.00643. The summed E-state index contributed by atoms with van der Waals surface area (Å²) in [6, 6.07) is 9.36. The van der Waals surface area contributed by atoms with Crippen LogP contribution in [0.3, 0.4) is 0 Å². The second-order valence-electron chi connectivity index (χ2n) is 8.59. The smallest absolute Gasteiger partial charge is 0.339 e. The second-order valence-corrected chi connectivity index (χ2v) is 10.1. The highest BCUT2D eigenvalue weighted by molar-refractivity contribution is 7.87. The summed E-state index contributed by atoms with van der Waals surface area (Å²) in [6.07, 6.45) is 4.19. The van der Waals surface area contributed by atoms with Crippen molar-refractivity contribution in [1.82, 2.24) is 0 Å². The Kier molecular flexibility index (Phi) is 4.65. The van der Waals surface area contributed by atoms with Crippen LogP contribution in [0.1, 0.15) is 50.7 Å². The fraction of sp³-hybridized carbons (Fsp3) is 0.391. The number of ether oxygens (including phenoxy) is 1. The number of hydrogen-bond acceptors (Lipinski definition) is 5. The van der Waals surface area contributed by atoms with Gasteiger partial charge >= 0.3 is 10.1 Å². The lowest BCUT2D eigenvalue weighted by atomic mass is 9.68. The Balaban J connectivity index is 1.73. The van der Waals surface area contributed by atoms with E-state index in [-0.39, 0.29) is 28.2 Å². The van der Waals surface area contributed by atoms with E-state index in [4.69, 9.17) is 8.92 Å². The first-order valence-electron chi connectivity index (χ1n) is 9.81. The van der Waals surface area contributed by atoms with Gasteiger partial charge in [-0.3, -0.25) is 0 Å².